The fraction of sp³-hybridized carbons (Fsp3) is 0.636. The van der Waals surface area contributed by atoms with Gasteiger partial charge in [-0.3, -0.25) is 28.8 Å². The molecule has 6 N–H and O–H groups in total. The zero-order chi connectivity index (χ0) is 36.1. The molecule has 0 aromatic heterocycles. The Morgan fingerprint density at radius 2 is 1.56 bits per heavy atom. The molecule has 0 spiro atoms. The fourth-order valence-corrected chi connectivity index (χ4v) is 4.69. The van der Waals surface area contributed by atoms with Crippen LogP contribution in [0.25, 0.3) is 0 Å². The third kappa shape index (κ3) is 17.1. The monoisotopic (exact) mass is 677 g/mol. The van der Waals surface area contributed by atoms with Crippen LogP contribution in [0, 0.1) is 5.92 Å². The molecular formula is C33H55N7O8. The molecule has 6 amide bonds. The molecule has 270 valence electrons. The van der Waals surface area contributed by atoms with E-state index in [2.05, 4.69) is 51.6 Å². The first-order valence-corrected chi connectivity index (χ1v) is 16.4. The minimum Gasteiger partial charge on any atom is -0.385 e. The molecule has 1 fully saturated rings. The van der Waals surface area contributed by atoms with Crippen molar-refractivity contribution in [3.63, 3.8) is 0 Å². The van der Waals surface area contributed by atoms with Crippen LogP contribution < -0.4 is 31.9 Å². The Kier molecular flexibility index (Phi) is 20.1. The van der Waals surface area contributed by atoms with Crippen molar-refractivity contribution in [3.05, 3.63) is 37.1 Å². The van der Waals surface area contributed by atoms with Crippen molar-refractivity contribution in [2.45, 2.75) is 71.5 Å². The second-order valence-electron chi connectivity index (χ2n) is 11.9. The summed E-state index contributed by atoms with van der Waals surface area (Å²) in [6, 6.07) is -1.93. The van der Waals surface area contributed by atoms with E-state index in [0.717, 1.165) is 6.08 Å². The van der Waals surface area contributed by atoms with Crippen LogP contribution in [0.5, 0.6) is 0 Å². The van der Waals surface area contributed by atoms with E-state index in [1.54, 1.807) is 13.8 Å². The van der Waals surface area contributed by atoms with Crippen molar-refractivity contribution < 1.29 is 38.2 Å². The van der Waals surface area contributed by atoms with Crippen molar-refractivity contribution in [1.29, 1.82) is 0 Å². The third-order valence-electron chi connectivity index (χ3n) is 7.19. The van der Waals surface area contributed by atoms with Gasteiger partial charge in [0.25, 0.3) is 0 Å². The van der Waals surface area contributed by atoms with E-state index in [1.807, 2.05) is 13.8 Å². The van der Waals surface area contributed by atoms with E-state index in [9.17, 15) is 28.8 Å². The molecule has 0 radical (unpaired) electrons. The summed E-state index contributed by atoms with van der Waals surface area (Å²) >= 11 is 0. The van der Waals surface area contributed by atoms with Gasteiger partial charge in [-0.15, -0.1) is 0 Å². The summed E-state index contributed by atoms with van der Waals surface area (Å²) in [6.45, 7) is 20.4. The zero-order valence-corrected chi connectivity index (χ0v) is 28.9. The Labute approximate surface area is 284 Å². The lowest BCUT2D eigenvalue weighted by Crippen LogP contribution is -2.53. The van der Waals surface area contributed by atoms with Crippen LogP contribution in [-0.2, 0) is 38.2 Å². The number of carbonyl (C=O) groups is 6. The Morgan fingerprint density at radius 3 is 2.23 bits per heavy atom. The van der Waals surface area contributed by atoms with E-state index in [1.165, 1.54) is 4.90 Å². The maximum absolute atomic E-state index is 12.9. The lowest BCUT2D eigenvalue weighted by atomic mass is 10.0. The minimum atomic E-state index is -0.814. The number of likely N-dealkylation sites (tertiary alicyclic amines) is 1. The highest BCUT2D eigenvalue weighted by Gasteiger charge is 2.36. The number of amides is 6. The van der Waals surface area contributed by atoms with Gasteiger partial charge in [0, 0.05) is 37.4 Å². The summed E-state index contributed by atoms with van der Waals surface area (Å²) < 4.78 is 10.9. The number of hydrogen-bond acceptors (Lipinski definition) is 9. The lowest BCUT2D eigenvalue weighted by molar-refractivity contribution is -0.140. The van der Waals surface area contributed by atoms with Crippen molar-refractivity contribution >= 4 is 35.4 Å². The zero-order valence-electron chi connectivity index (χ0n) is 28.9. The maximum atomic E-state index is 12.9. The van der Waals surface area contributed by atoms with Crippen LogP contribution in [0.3, 0.4) is 0 Å². The van der Waals surface area contributed by atoms with Crippen LogP contribution in [0.1, 0.15) is 53.4 Å². The molecule has 0 unspecified atom stereocenters. The third-order valence-corrected chi connectivity index (χ3v) is 7.19. The molecule has 1 aliphatic heterocycles. The van der Waals surface area contributed by atoms with Gasteiger partial charge in [0.1, 0.15) is 18.7 Å². The van der Waals surface area contributed by atoms with Crippen LogP contribution >= 0.6 is 0 Å². The van der Waals surface area contributed by atoms with Gasteiger partial charge in [0.05, 0.1) is 32.4 Å². The number of hydrogen-bond donors (Lipinski definition) is 6. The second-order valence-corrected chi connectivity index (χ2v) is 11.9. The molecule has 3 atom stereocenters. The van der Waals surface area contributed by atoms with E-state index < -0.39 is 35.8 Å². The van der Waals surface area contributed by atoms with Crippen LogP contribution in [0.4, 0.5) is 0 Å². The molecule has 0 aliphatic carbocycles. The number of nitrogens with one attached hydrogen (secondary N) is 6. The summed E-state index contributed by atoms with van der Waals surface area (Å²) in [5.74, 6) is -1.90. The van der Waals surface area contributed by atoms with Crippen LogP contribution in [0.15, 0.2) is 37.1 Å². The topological polar surface area (TPSA) is 196 Å². The van der Waals surface area contributed by atoms with E-state index in [0.29, 0.717) is 69.7 Å². The van der Waals surface area contributed by atoms with Crippen molar-refractivity contribution in [2.24, 2.45) is 5.92 Å². The number of carbonyl (C=O) groups excluding carboxylic acids is 6. The normalized spacial score (nSPS) is 15.1. The lowest BCUT2D eigenvalue weighted by Gasteiger charge is -2.27. The summed E-state index contributed by atoms with van der Waals surface area (Å²) in [5, 5.41) is 16.6. The van der Waals surface area contributed by atoms with Gasteiger partial charge in [0.15, 0.2) is 0 Å². The summed E-state index contributed by atoms with van der Waals surface area (Å²) in [6.07, 6.45) is 3.37. The first-order valence-electron chi connectivity index (χ1n) is 16.4. The van der Waals surface area contributed by atoms with Gasteiger partial charge in [-0.2, -0.15) is 0 Å². The molecule has 1 aliphatic rings. The summed E-state index contributed by atoms with van der Waals surface area (Å²) in [4.78, 5) is 74.7. The van der Waals surface area contributed by atoms with Gasteiger partial charge >= 0.3 is 0 Å². The van der Waals surface area contributed by atoms with Crippen LogP contribution in [-0.4, -0.2) is 118 Å². The van der Waals surface area contributed by atoms with E-state index in [-0.39, 0.29) is 50.0 Å². The molecule has 15 heteroatoms. The molecule has 1 rings (SSSR count). The number of rotatable bonds is 24. The predicted molar refractivity (Wildman–Crippen MR) is 181 cm³/mol. The van der Waals surface area contributed by atoms with Gasteiger partial charge < -0.3 is 46.3 Å². The molecule has 1 heterocycles. The molecule has 0 bridgehead atoms. The van der Waals surface area contributed by atoms with Crippen LogP contribution in [0.2, 0.25) is 0 Å². The summed E-state index contributed by atoms with van der Waals surface area (Å²) in [5.41, 5.74) is 1.03. The van der Waals surface area contributed by atoms with Crippen molar-refractivity contribution in [3.8, 4) is 0 Å². The van der Waals surface area contributed by atoms with E-state index in [4.69, 9.17) is 9.47 Å². The van der Waals surface area contributed by atoms with Gasteiger partial charge in [-0.25, -0.2) is 0 Å². The van der Waals surface area contributed by atoms with E-state index >= 15 is 0 Å². The average Bonchev–Trinajstić information content (AvgIpc) is 3.53. The standard InChI is InChI=1S/C33H55N7O8/c1-8-28(41)38-25(7)33(46)40-15-9-11-27(40)32(45)37-20-29(42)39-26(19-22(2)3)24(6)34-14-16-47-17-18-48-21-30(43)35-12-10-13-36-31(44)23(4)5/h8,22,25-27,34H,1,4,6,9-21H2,2-3,5,7H3,(H,35,43)(H,36,44)(H,37,45)(H,38,41)(H,39,42)/t25-,26-,27-/m0/s1. The number of ether oxygens (including phenoxy) is 2. The highest BCUT2D eigenvalue weighted by atomic mass is 16.5. The highest BCUT2D eigenvalue weighted by Crippen LogP contribution is 2.18. The molecule has 0 saturated carbocycles. The first-order chi connectivity index (χ1) is 22.8. The largest absolute Gasteiger partial charge is 0.385 e. The van der Waals surface area contributed by atoms with Gasteiger partial charge in [-0.1, -0.05) is 33.6 Å². The Hall–Kier alpha value is -4.24. The van der Waals surface area contributed by atoms with Crippen molar-refractivity contribution in [1.82, 2.24) is 36.8 Å². The highest BCUT2D eigenvalue weighted by molar-refractivity contribution is 5.95. The molecule has 15 nitrogen and oxygen atoms in total. The summed E-state index contributed by atoms with van der Waals surface area (Å²) in [7, 11) is 0. The Morgan fingerprint density at radius 1 is 0.875 bits per heavy atom. The SMILES string of the molecule is C=CC(=O)N[C@@H](C)C(=O)N1CCC[C@H]1C(=O)NCC(=O)N[C@@H](CC(C)C)C(=C)NCCOCCOCC(=O)NCCCNC(=O)C(=C)C. The van der Waals surface area contributed by atoms with Gasteiger partial charge in [-0.05, 0) is 51.5 Å². The molecule has 0 aromatic carbocycles. The quantitative estimate of drug-likeness (QED) is 0.0585. The molecule has 1 saturated heterocycles. The first kappa shape index (κ1) is 41.8. The molecule has 0 aromatic rings. The smallest absolute Gasteiger partial charge is 0.246 e. The number of nitrogens with zero attached hydrogens (tertiary/aromatic N) is 1. The molecular weight excluding hydrogens is 622 g/mol. The van der Waals surface area contributed by atoms with Gasteiger partial charge in [0.2, 0.25) is 35.4 Å². The average molecular weight is 678 g/mol. The fourth-order valence-electron chi connectivity index (χ4n) is 4.69. The van der Waals surface area contributed by atoms with Crippen molar-refractivity contribution in [2.75, 3.05) is 59.2 Å². The predicted octanol–water partition coefficient (Wildman–Crippen LogP) is -0.350. The maximum Gasteiger partial charge on any atom is 0.246 e. The minimum absolute atomic E-state index is 0.0977. The second kappa shape index (κ2) is 23.1. The Bertz CT molecular complexity index is 1140. The molecule has 48 heavy (non-hydrogen) atoms. The Balaban J connectivity index is 2.33.